The lowest BCUT2D eigenvalue weighted by Gasteiger charge is -2.29. The van der Waals surface area contributed by atoms with Gasteiger partial charge >= 0.3 is 8.80 Å². The van der Waals surface area contributed by atoms with Crippen LogP contribution >= 0.6 is 0 Å². The topological polar surface area (TPSA) is 55.0 Å². The largest absolute Gasteiger partial charge is 0.500 e. The van der Waals surface area contributed by atoms with Crippen molar-refractivity contribution in [3.05, 3.63) is 0 Å². The van der Waals surface area contributed by atoms with E-state index in [1.807, 2.05) is 34.9 Å². The number of nitrogens with zero attached hydrogens (tertiary/aromatic N) is 1. The lowest BCUT2D eigenvalue weighted by atomic mass is 10.5. The minimum atomic E-state index is -2.41. The van der Waals surface area contributed by atoms with E-state index >= 15 is 0 Å². The van der Waals surface area contributed by atoms with Crippen LogP contribution in [0.2, 0.25) is 51.9 Å². The molecule has 0 bridgehead atoms. The Morgan fingerprint density at radius 3 is 1.38 bits per heavy atom. The van der Waals surface area contributed by atoms with E-state index in [2.05, 4.69) is 67.4 Å². The van der Waals surface area contributed by atoms with Crippen molar-refractivity contribution in [1.82, 2.24) is 14.5 Å². The van der Waals surface area contributed by atoms with Gasteiger partial charge in [-0.3, -0.25) is 0 Å². The molecular weight excluding hydrogens is 431 g/mol. The van der Waals surface area contributed by atoms with Crippen LogP contribution in [0.3, 0.4) is 0 Å². The van der Waals surface area contributed by atoms with Crippen molar-refractivity contribution in [3.8, 4) is 0 Å². The third kappa shape index (κ3) is 24.8. The summed E-state index contributed by atoms with van der Waals surface area (Å²) in [5.74, 6) is 0. The van der Waals surface area contributed by atoms with Crippen LogP contribution in [0.1, 0.15) is 27.2 Å². The van der Waals surface area contributed by atoms with Crippen molar-refractivity contribution in [2.45, 2.75) is 79.1 Å². The first-order valence-corrected chi connectivity index (χ1v) is 22.5. The Bertz CT molecular complexity index is 330. The van der Waals surface area contributed by atoms with Crippen LogP contribution in [0.15, 0.2) is 0 Å². The van der Waals surface area contributed by atoms with Gasteiger partial charge in [-0.25, -0.2) is 0 Å². The van der Waals surface area contributed by atoms with Gasteiger partial charge in [-0.15, -0.1) is 0 Å². The van der Waals surface area contributed by atoms with E-state index in [-0.39, 0.29) is 0 Å². The summed E-state index contributed by atoms with van der Waals surface area (Å²) in [6.45, 7) is 25.1. The average molecular weight is 486 g/mol. The summed E-state index contributed by atoms with van der Waals surface area (Å²) < 4.78 is 20.0. The summed E-state index contributed by atoms with van der Waals surface area (Å²) in [4.78, 5) is 6.41. The smallest absolute Gasteiger partial charge is 0.374 e. The maximum absolute atomic E-state index is 5.84. The molecule has 0 aliphatic carbocycles. The molecule has 180 valence electrons. The average Bonchev–Trinajstić information content (AvgIpc) is 2.62. The van der Waals surface area contributed by atoms with Gasteiger partial charge in [0.05, 0.1) is 0 Å². The quantitative estimate of drug-likeness (QED) is 0.389. The molecule has 0 spiro atoms. The molecule has 29 heavy (non-hydrogen) atoms. The first kappa shape index (κ1) is 34.2. The predicted octanol–water partition coefficient (Wildman–Crippen LogP) is 3.57. The number of rotatable bonds is 13. The minimum Gasteiger partial charge on any atom is -0.374 e. The molecule has 0 aromatic rings. The van der Waals surface area contributed by atoms with Gasteiger partial charge in [0.15, 0.2) is 0 Å². The minimum absolute atomic E-state index is 0.400. The molecule has 0 unspecified atom stereocenters. The predicted molar refractivity (Wildman–Crippen MR) is 142 cm³/mol. The Kier molecular flexibility index (Phi) is 24.2. The second-order valence-electron chi connectivity index (χ2n) is 8.60. The Morgan fingerprint density at radius 2 is 1.17 bits per heavy atom. The maximum atomic E-state index is 5.84. The summed E-state index contributed by atoms with van der Waals surface area (Å²) in [7, 11) is 1.88. The van der Waals surface area contributed by atoms with Crippen molar-refractivity contribution in [2.75, 3.05) is 47.5 Å². The number of nitrogens with one attached hydrogen (secondary N) is 2. The van der Waals surface area contributed by atoms with Crippen LogP contribution in [0.4, 0.5) is 0 Å². The number of hydrogen-bond donors (Lipinski definition) is 2. The molecule has 0 atom stereocenters. The van der Waals surface area contributed by atoms with Gasteiger partial charge in [-0.1, -0.05) is 45.8 Å². The highest BCUT2D eigenvalue weighted by Crippen LogP contribution is 2.18. The van der Waals surface area contributed by atoms with Crippen LogP contribution < -0.4 is 9.96 Å². The van der Waals surface area contributed by atoms with Gasteiger partial charge in [-0.05, 0) is 54.9 Å². The molecule has 0 rings (SSSR count). The Balaban J connectivity index is -0.000000502. The monoisotopic (exact) mass is 485 g/mol. The van der Waals surface area contributed by atoms with Crippen LogP contribution in [-0.4, -0.2) is 87.0 Å². The summed E-state index contributed by atoms with van der Waals surface area (Å²) in [6, 6.07) is 0.925. The highest BCUT2D eigenvalue weighted by atomic mass is 28.4. The van der Waals surface area contributed by atoms with Crippen molar-refractivity contribution < 1.29 is 13.3 Å². The third-order valence-electron chi connectivity index (χ3n) is 4.30. The molecule has 0 amide bonds. The first-order chi connectivity index (χ1) is 13.3. The van der Waals surface area contributed by atoms with E-state index in [9.17, 15) is 0 Å². The first-order valence-electron chi connectivity index (χ1n) is 11.3. The van der Waals surface area contributed by atoms with Gasteiger partial charge in [0.1, 0.15) is 26.2 Å². The number of hydrogen-bond acceptors (Lipinski definition) is 6. The van der Waals surface area contributed by atoms with E-state index in [1.54, 1.807) is 0 Å². The molecular formula is C19H55N3O3Si4. The van der Waals surface area contributed by atoms with E-state index in [0.717, 1.165) is 19.0 Å². The Hall–Kier alpha value is 0.628. The molecule has 0 aromatic heterocycles. The molecule has 0 aromatic carbocycles. The molecule has 0 aliphatic heterocycles. The molecule has 0 saturated heterocycles. The molecule has 0 heterocycles. The summed E-state index contributed by atoms with van der Waals surface area (Å²) in [5.41, 5.74) is 0. The van der Waals surface area contributed by atoms with Gasteiger partial charge in [-0.2, -0.15) is 0 Å². The summed E-state index contributed by atoms with van der Waals surface area (Å²) in [6.07, 6.45) is 1.09. The maximum Gasteiger partial charge on any atom is 0.500 e. The second kappa shape index (κ2) is 20.5. The zero-order valence-electron chi connectivity index (χ0n) is 22.1. The van der Waals surface area contributed by atoms with Crippen LogP contribution in [0.5, 0.6) is 0 Å². The SMILES string of the molecule is CCO[Si](CCCN(C)[SiH](C)C)(OCC)OCC.CN[SiH](C)C.CN[Si](C)(C)C. The standard InChI is InChI=1S/C12H31NO3Si2.C4H13NSi.C3H11NSi/c1-7-14-18(15-8-2,16-9-3)12-10-11-13(4)17(5)6;1-5-6(2,3)4;1-4-5(2)3/h17H,7-12H2,1-6H3;5H,1-4H3;4-5H,1-3H3. The molecule has 0 radical (unpaired) electrons. The lowest BCUT2D eigenvalue weighted by Crippen LogP contribution is -2.46. The molecule has 2 N–H and O–H groups in total. The zero-order valence-corrected chi connectivity index (χ0v) is 26.4. The zero-order chi connectivity index (χ0) is 23.5. The molecule has 10 heteroatoms. The molecule has 0 fully saturated rings. The van der Waals surface area contributed by atoms with Gasteiger partial charge < -0.3 is 27.8 Å². The summed E-state index contributed by atoms with van der Waals surface area (Å²) in [5, 5.41) is 0. The normalized spacial score (nSPS) is 12.0. The van der Waals surface area contributed by atoms with Crippen molar-refractivity contribution in [2.24, 2.45) is 0 Å². The van der Waals surface area contributed by atoms with E-state index in [1.165, 1.54) is 0 Å². The highest BCUT2D eigenvalue weighted by Gasteiger charge is 2.39. The van der Waals surface area contributed by atoms with Crippen molar-refractivity contribution in [1.29, 1.82) is 0 Å². The fourth-order valence-corrected chi connectivity index (χ4v) is 5.10. The van der Waals surface area contributed by atoms with Crippen LogP contribution in [-0.2, 0) is 13.3 Å². The third-order valence-corrected chi connectivity index (χ3v) is 12.1. The molecule has 6 nitrogen and oxygen atoms in total. The molecule has 0 aliphatic rings. The van der Waals surface area contributed by atoms with E-state index in [0.29, 0.717) is 19.8 Å². The fourth-order valence-electron chi connectivity index (χ4n) is 1.80. The van der Waals surface area contributed by atoms with Crippen LogP contribution in [0, 0.1) is 0 Å². The van der Waals surface area contributed by atoms with Crippen molar-refractivity contribution in [3.63, 3.8) is 0 Å². The van der Waals surface area contributed by atoms with Gasteiger partial charge in [0.2, 0.25) is 0 Å². The van der Waals surface area contributed by atoms with E-state index < -0.39 is 35.0 Å². The molecule has 0 saturated carbocycles. The van der Waals surface area contributed by atoms with Crippen LogP contribution in [0.25, 0.3) is 0 Å². The van der Waals surface area contributed by atoms with E-state index in [4.69, 9.17) is 13.3 Å². The summed E-state index contributed by atoms with van der Waals surface area (Å²) >= 11 is 0. The Labute approximate surface area is 189 Å². The second-order valence-corrected chi connectivity index (χ2v) is 22.3. The lowest BCUT2D eigenvalue weighted by molar-refractivity contribution is 0.0705. The van der Waals surface area contributed by atoms with Gasteiger partial charge in [0.25, 0.3) is 0 Å². The Morgan fingerprint density at radius 1 is 0.828 bits per heavy atom. The van der Waals surface area contributed by atoms with Gasteiger partial charge in [0, 0.05) is 25.9 Å². The van der Waals surface area contributed by atoms with Crippen molar-refractivity contribution >= 4 is 35.0 Å². The fraction of sp³-hybridized carbons (Fsp3) is 1.00. The highest BCUT2D eigenvalue weighted by molar-refractivity contribution is 6.73.